The molecule has 1 heterocycles. The zero-order chi connectivity index (χ0) is 13.2. The number of fused-ring (bicyclic) bond motifs is 1. The topological polar surface area (TPSA) is 26.9 Å². The van der Waals surface area contributed by atoms with E-state index >= 15 is 0 Å². The van der Waals surface area contributed by atoms with Gasteiger partial charge in [0.15, 0.2) is 6.20 Å². The molecule has 0 fully saturated rings. The summed E-state index contributed by atoms with van der Waals surface area (Å²) < 4.78 is 0.981. The normalized spacial score (nSPS) is 10.8. The standard InChI is InChI=1S/C17H15NO/c1-13-6-2-3-8-15(13)12-17-16-9-5-4-7-14(16)10-11-18(17)19/h2-11H,12H2,1H3. The molecule has 0 saturated carbocycles. The van der Waals surface area contributed by atoms with Gasteiger partial charge in [0.25, 0.3) is 0 Å². The van der Waals surface area contributed by atoms with E-state index in [4.69, 9.17) is 0 Å². The molecule has 0 spiro atoms. The summed E-state index contributed by atoms with van der Waals surface area (Å²) in [5.74, 6) is 0. The summed E-state index contributed by atoms with van der Waals surface area (Å²) in [5, 5.41) is 14.2. The molecule has 2 nitrogen and oxygen atoms in total. The fourth-order valence-electron chi connectivity index (χ4n) is 2.42. The molecule has 2 aromatic carbocycles. The van der Waals surface area contributed by atoms with Gasteiger partial charge in [-0.15, -0.1) is 0 Å². The second kappa shape index (κ2) is 4.73. The van der Waals surface area contributed by atoms with Gasteiger partial charge in [-0.25, -0.2) is 0 Å². The van der Waals surface area contributed by atoms with Crippen LogP contribution in [0.1, 0.15) is 16.8 Å². The zero-order valence-corrected chi connectivity index (χ0v) is 10.8. The largest absolute Gasteiger partial charge is 0.618 e. The minimum atomic E-state index is 0.664. The van der Waals surface area contributed by atoms with Crippen LogP contribution in [0.25, 0.3) is 10.8 Å². The monoisotopic (exact) mass is 249 g/mol. The quantitative estimate of drug-likeness (QED) is 0.505. The van der Waals surface area contributed by atoms with Crippen LogP contribution in [0.15, 0.2) is 60.8 Å². The van der Waals surface area contributed by atoms with E-state index in [1.54, 1.807) is 6.20 Å². The molecule has 0 aliphatic rings. The number of hydrogen-bond donors (Lipinski definition) is 0. The Bertz CT molecular complexity index is 734. The Hall–Kier alpha value is -2.35. The summed E-state index contributed by atoms with van der Waals surface area (Å²) in [5.41, 5.74) is 3.23. The molecule has 2 heteroatoms. The van der Waals surface area contributed by atoms with Crippen LogP contribution >= 0.6 is 0 Å². The van der Waals surface area contributed by atoms with Crippen molar-refractivity contribution < 1.29 is 4.73 Å². The lowest BCUT2D eigenvalue weighted by atomic mass is 10.0. The summed E-state index contributed by atoms with van der Waals surface area (Å²) in [4.78, 5) is 0. The molecule has 0 unspecified atom stereocenters. The summed E-state index contributed by atoms with van der Waals surface area (Å²) in [6.07, 6.45) is 2.26. The second-order valence-corrected chi connectivity index (χ2v) is 4.78. The fourth-order valence-corrected chi connectivity index (χ4v) is 2.42. The summed E-state index contributed by atoms with van der Waals surface area (Å²) in [6, 6.07) is 18.1. The van der Waals surface area contributed by atoms with Crippen LogP contribution in [-0.2, 0) is 6.42 Å². The van der Waals surface area contributed by atoms with Crippen molar-refractivity contribution in [1.29, 1.82) is 0 Å². The van der Waals surface area contributed by atoms with Gasteiger partial charge in [0.1, 0.15) is 0 Å². The fraction of sp³-hybridized carbons (Fsp3) is 0.118. The molecular weight excluding hydrogens is 234 g/mol. The van der Waals surface area contributed by atoms with Crippen molar-refractivity contribution in [3.63, 3.8) is 0 Å². The molecule has 0 amide bonds. The highest BCUT2D eigenvalue weighted by Gasteiger charge is 2.12. The molecule has 1 aromatic heterocycles. The number of pyridine rings is 1. The first-order valence-corrected chi connectivity index (χ1v) is 6.40. The molecule has 3 aromatic rings. The summed E-state index contributed by atoms with van der Waals surface area (Å²) in [7, 11) is 0. The number of rotatable bonds is 2. The minimum Gasteiger partial charge on any atom is -0.618 e. The molecule has 0 radical (unpaired) electrons. The average Bonchev–Trinajstić information content (AvgIpc) is 2.44. The van der Waals surface area contributed by atoms with Gasteiger partial charge in [-0.1, -0.05) is 42.5 Å². The van der Waals surface area contributed by atoms with Crippen LogP contribution in [0, 0.1) is 12.1 Å². The minimum absolute atomic E-state index is 0.664. The number of nitrogens with zero attached hydrogens (tertiary/aromatic N) is 1. The Labute approximate surface area is 112 Å². The van der Waals surface area contributed by atoms with Gasteiger partial charge in [0, 0.05) is 6.07 Å². The van der Waals surface area contributed by atoms with Crippen molar-refractivity contribution in [1.82, 2.24) is 0 Å². The predicted octanol–water partition coefficient (Wildman–Crippen LogP) is 3.37. The van der Waals surface area contributed by atoms with E-state index in [0.29, 0.717) is 6.42 Å². The number of aromatic nitrogens is 1. The van der Waals surface area contributed by atoms with E-state index in [-0.39, 0.29) is 0 Å². The smallest absolute Gasteiger partial charge is 0.204 e. The molecule has 0 N–H and O–H groups in total. The van der Waals surface area contributed by atoms with Crippen LogP contribution in [-0.4, -0.2) is 0 Å². The maximum atomic E-state index is 12.1. The molecule has 0 aliphatic heterocycles. The second-order valence-electron chi connectivity index (χ2n) is 4.78. The molecule has 0 aliphatic carbocycles. The number of aryl methyl sites for hydroxylation is 1. The maximum absolute atomic E-state index is 12.1. The van der Waals surface area contributed by atoms with Crippen LogP contribution < -0.4 is 4.73 Å². The van der Waals surface area contributed by atoms with Crippen molar-refractivity contribution in [2.24, 2.45) is 0 Å². The molecule has 19 heavy (non-hydrogen) atoms. The third-order valence-electron chi connectivity index (χ3n) is 3.55. The Kier molecular flexibility index (Phi) is 2.92. The average molecular weight is 249 g/mol. The molecule has 94 valence electrons. The van der Waals surface area contributed by atoms with Crippen molar-refractivity contribution in [2.45, 2.75) is 13.3 Å². The molecule has 3 rings (SSSR count). The molecule has 0 saturated heterocycles. The van der Waals surface area contributed by atoms with Crippen LogP contribution in [0.5, 0.6) is 0 Å². The Balaban J connectivity index is 2.15. The highest BCUT2D eigenvalue weighted by Crippen LogP contribution is 2.19. The van der Waals surface area contributed by atoms with Gasteiger partial charge < -0.3 is 5.21 Å². The number of hydrogen-bond acceptors (Lipinski definition) is 1. The molecule has 0 atom stereocenters. The Morgan fingerprint density at radius 3 is 2.53 bits per heavy atom. The van der Waals surface area contributed by atoms with E-state index in [9.17, 15) is 5.21 Å². The Morgan fingerprint density at radius 1 is 0.947 bits per heavy atom. The lowest BCUT2D eigenvalue weighted by Gasteiger charge is -2.09. The molecule has 0 bridgehead atoms. The van der Waals surface area contributed by atoms with Crippen LogP contribution in [0.3, 0.4) is 0 Å². The first-order valence-electron chi connectivity index (χ1n) is 6.40. The van der Waals surface area contributed by atoms with E-state index in [2.05, 4.69) is 19.1 Å². The third-order valence-corrected chi connectivity index (χ3v) is 3.55. The lowest BCUT2D eigenvalue weighted by molar-refractivity contribution is -0.611. The van der Waals surface area contributed by atoms with Gasteiger partial charge in [0.2, 0.25) is 5.69 Å². The number of benzene rings is 2. The van der Waals surface area contributed by atoms with Crippen molar-refractivity contribution in [2.75, 3.05) is 0 Å². The Morgan fingerprint density at radius 2 is 1.68 bits per heavy atom. The third kappa shape index (κ3) is 2.17. The van der Waals surface area contributed by atoms with Crippen molar-refractivity contribution >= 4 is 10.8 Å². The van der Waals surface area contributed by atoms with E-state index < -0.39 is 0 Å². The van der Waals surface area contributed by atoms with E-state index in [1.165, 1.54) is 11.1 Å². The van der Waals surface area contributed by atoms with Gasteiger partial charge in [0.05, 0.1) is 11.8 Å². The first kappa shape index (κ1) is 11.7. The van der Waals surface area contributed by atoms with E-state index in [1.807, 2.05) is 42.5 Å². The van der Waals surface area contributed by atoms with Crippen LogP contribution in [0.2, 0.25) is 0 Å². The van der Waals surface area contributed by atoms with Gasteiger partial charge in [-0.05, 0) is 29.5 Å². The SMILES string of the molecule is Cc1ccccc1Cc1c2ccccc2cc[n+]1[O-]. The summed E-state index contributed by atoms with van der Waals surface area (Å²) in [6.45, 7) is 2.08. The van der Waals surface area contributed by atoms with Gasteiger partial charge in [-0.2, -0.15) is 4.73 Å². The maximum Gasteiger partial charge on any atom is 0.204 e. The van der Waals surface area contributed by atoms with Gasteiger partial charge >= 0.3 is 0 Å². The zero-order valence-electron chi connectivity index (χ0n) is 10.8. The van der Waals surface area contributed by atoms with Crippen molar-refractivity contribution in [3.8, 4) is 0 Å². The highest BCUT2D eigenvalue weighted by molar-refractivity contribution is 5.83. The van der Waals surface area contributed by atoms with E-state index in [0.717, 1.165) is 21.2 Å². The predicted molar refractivity (Wildman–Crippen MR) is 76.9 cm³/mol. The lowest BCUT2D eigenvalue weighted by Crippen LogP contribution is -2.31. The van der Waals surface area contributed by atoms with Gasteiger partial charge in [-0.3, -0.25) is 0 Å². The highest BCUT2D eigenvalue weighted by atomic mass is 16.5. The summed E-state index contributed by atoms with van der Waals surface area (Å²) >= 11 is 0. The first-order chi connectivity index (χ1) is 9.25. The van der Waals surface area contributed by atoms with Crippen molar-refractivity contribution in [3.05, 3.63) is 82.8 Å². The van der Waals surface area contributed by atoms with Crippen LogP contribution in [0.4, 0.5) is 0 Å². The molecular formula is C17H15NO.